The van der Waals surface area contributed by atoms with E-state index in [4.69, 9.17) is 0 Å². The van der Waals surface area contributed by atoms with Gasteiger partial charge in [-0.25, -0.2) is 16.8 Å². The second kappa shape index (κ2) is 7.49. The van der Waals surface area contributed by atoms with Crippen LogP contribution in [-0.4, -0.2) is 28.4 Å². The molecule has 0 fully saturated rings. The third-order valence-electron chi connectivity index (χ3n) is 4.68. The number of hydrogen-bond donors (Lipinski definition) is 1. The summed E-state index contributed by atoms with van der Waals surface area (Å²) in [6, 6.07) is 16.2. The molecule has 1 aliphatic heterocycles. The van der Waals surface area contributed by atoms with E-state index < -0.39 is 20.0 Å². The molecule has 29 heavy (non-hydrogen) atoms. The second-order valence-corrected chi connectivity index (χ2v) is 10.2. The van der Waals surface area contributed by atoms with Gasteiger partial charge in [-0.1, -0.05) is 18.2 Å². The summed E-state index contributed by atoms with van der Waals surface area (Å²) < 4.78 is 55.1. The molecule has 0 aliphatic carbocycles. The molecule has 0 bridgehead atoms. The molecule has 1 N–H and O–H groups in total. The largest absolute Gasteiger partial charge is 0.280 e. The number of nitrogens with one attached hydrogen (secondary N) is 1. The van der Waals surface area contributed by atoms with Crippen LogP contribution in [0.2, 0.25) is 0 Å². The standard InChI is InChI=1S/C20H19N3O4S2/c24-28(25,19-9-4-12-21-15-19)22-17-10-11-20-16(14-17)6-5-13-23(20)29(26,27)18-7-2-1-3-8-18/h1-4,7-12,14-15,22H,5-6,13H2. The molecule has 7 nitrogen and oxygen atoms in total. The van der Waals surface area contributed by atoms with Crippen LogP contribution in [0.25, 0.3) is 0 Å². The third kappa shape index (κ3) is 3.83. The number of benzene rings is 2. The fourth-order valence-corrected chi connectivity index (χ4v) is 5.89. The van der Waals surface area contributed by atoms with Gasteiger partial charge in [0.1, 0.15) is 4.90 Å². The smallest absolute Gasteiger partial charge is 0.264 e. The average Bonchev–Trinajstić information content (AvgIpc) is 2.74. The monoisotopic (exact) mass is 429 g/mol. The fourth-order valence-electron chi connectivity index (χ4n) is 3.32. The molecule has 150 valence electrons. The van der Waals surface area contributed by atoms with E-state index in [0.29, 0.717) is 30.8 Å². The van der Waals surface area contributed by atoms with Crippen LogP contribution >= 0.6 is 0 Å². The first-order valence-corrected chi connectivity index (χ1v) is 11.9. The summed E-state index contributed by atoms with van der Waals surface area (Å²) in [5, 5.41) is 0. The summed E-state index contributed by atoms with van der Waals surface area (Å²) >= 11 is 0. The fraction of sp³-hybridized carbons (Fsp3) is 0.150. The molecule has 3 aromatic rings. The van der Waals surface area contributed by atoms with Crippen LogP contribution in [0.4, 0.5) is 11.4 Å². The van der Waals surface area contributed by atoms with Crippen molar-refractivity contribution in [1.82, 2.24) is 4.98 Å². The van der Waals surface area contributed by atoms with Crippen molar-refractivity contribution in [2.45, 2.75) is 22.6 Å². The van der Waals surface area contributed by atoms with Gasteiger partial charge in [0.2, 0.25) is 0 Å². The van der Waals surface area contributed by atoms with Gasteiger partial charge in [-0.05, 0) is 60.9 Å². The van der Waals surface area contributed by atoms with E-state index in [-0.39, 0.29) is 9.79 Å². The van der Waals surface area contributed by atoms with Crippen molar-refractivity contribution in [3.05, 3.63) is 78.6 Å². The highest BCUT2D eigenvalue weighted by molar-refractivity contribution is 7.93. The van der Waals surface area contributed by atoms with Crippen LogP contribution in [0, 0.1) is 0 Å². The van der Waals surface area contributed by atoms with Crippen LogP contribution < -0.4 is 9.03 Å². The third-order valence-corrected chi connectivity index (χ3v) is 7.88. The summed E-state index contributed by atoms with van der Waals surface area (Å²) in [6.45, 7) is 0.380. The van der Waals surface area contributed by atoms with Crippen LogP contribution in [0.1, 0.15) is 12.0 Å². The Morgan fingerprint density at radius 2 is 1.66 bits per heavy atom. The number of pyridine rings is 1. The Kier molecular flexibility index (Phi) is 5.01. The summed E-state index contributed by atoms with van der Waals surface area (Å²) in [6.07, 6.45) is 4.09. The number of hydrogen-bond acceptors (Lipinski definition) is 5. The lowest BCUT2D eigenvalue weighted by Crippen LogP contribution is -2.35. The molecule has 1 aliphatic rings. The van der Waals surface area contributed by atoms with Crippen molar-refractivity contribution in [2.75, 3.05) is 15.6 Å². The van der Waals surface area contributed by atoms with Crippen molar-refractivity contribution in [3.63, 3.8) is 0 Å². The van der Waals surface area contributed by atoms with E-state index in [1.165, 1.54) is 22.8 Å². The van der Waals surface area contributed by atoms with Crippen LogP contribution in [0.15, 0.2) is 82.8 Å². The zero-order valence-corrected chi connectivity index (χ0v) is 17.0. The highest BCUT2D eigenvalue weighted by Crippen LogP contribution is 2.34. The Morgan fingerprint density at radius 1 is 0.897 bits per heavy atom. The quantitative estimate of drug-likeness (QED) is 0.673. The lowest BCUT2D eigenvalue weighted by atomic mass is 10.0. The first-order chi connectivity index (χ1) is 13.9. The molecule has 9 heteroatoms. The predicted molar refractivity (Wildman–Crippen MR) is 111 cm³/mol. The molecule has 2 aromatic carbocycles. The summed E-state index contributed by atoms with van der Waals surface area (Å²) in [5.74, 6) is 0. The minimum Gasteiger partial charge on any atom is -0.280 e. The van der Waals surface area contributed by atoms with Crippen LogP contribution in [-0.2, 0) is 26.5 Å². The molecule has 0 saturated carbocycles. The minimum absolute atomic E-state index is 0.0611. The average molecular weight is 430 g/mol. The van der Waals surface area contributed by atoms with E-state index >= 15 is 0 Å². The first-order valence-electron chi connectivity index (χ1n) is 9.01. The van der Waals surface area contributed by atoms with Gasteiger partial charge in [0.05, 0.1) is 10.6 Å². The van der Waals surface area contributed by atoms with Crippen molar-refractivity contribution in [2.24, 2.45) is 0 Å². The summed E-state index contributed by atoms with van der Waals surface area (Å²) in [7, 11) is -7.45. The summed E-state index contributed by atoms with van der Waals surface area (Å²) in [4.78, 5) is 4.13. The minimum atomic E-state index is -3.77. The maximum Gasteiger partial charge on any atom is 0.264 e. The Hall–Kier alpha value is -2.91. The van der Waals surface area contributed by atoms with Gasteiger partial charge in [-0.15, -0.1) is 0 Å². The lowest BCUT2D eigenvalue weighted by molar-refractivity contribution is 0.586. The highest BCUT2D eigenvalue weighted by Gasteiger charge is 2.29. The van der Waals surface area contributed by atoms with Gasteiger partial charge < -0.3 is 0 Å². The van der Waals surface area contributed by atoms with Crippen molar-refractivity contribution < 1.29 is 16.8 Å². The van der Waals surface area contributed by atoms with E-state index in [1.54, 1.807) is 54.6 Å². The number of rotatable bonds is 5. The summed E-state index contributed by atoms with van der Waals surface area (Å²) in [5.41, 5.74) is 1.73. The van der Waals surface area contributed by atoms with Gasteiger partial charge in [-0.2, -0.15) is 0 Å². The predicted octanol–water partition coefficient (Wildman–Crippen LogP) is 3.02. The highest BCUT2D eigenvalue weighted by atomic mass is 32.2. The maximum absolute atomic E-state index is 13.1. The van der Waals surface area contributed by atoms with Crippen molar-refractivity contribution in [1.29, 1.82) is 0 Å². The maximum atomic E-state index is 13.1. The topological polar surface area (TPSA) is 96.4 Å². The van der Waals surface area contributed by atoms with Crippen LogP contribution in [0.5, 0.6) is 0 Å². The van der Waals surface area contributed by atoms with Crippen molar-refractivity contribution in [3.8, 4) is 0 Å². The van der Waals surface area contributed by atoms with E-state index in [2.05, 4.69) is 9.71 Å². The van der Waals surface area contributed by atoms with Crippen molar-refractivity contribution >= 4 is 31.4 Å². The van der Waals surface area contributed by atoms with Gasteiger partial charge in [-0.3, -0.25) is 14.0 Å². The zero-order chi connectivity index (χ0) is 20.5. The molecule has 0 spiro atoms. The Morgan fingerprint density at radius 3 is 2.38 bits per heavy atom. The molecule has 0 saturated heterocycles. The SMILES string of the molecule is O=S(=O)(Nc1ccc2c(c1)CCCN2S(=O)(=O)c1ccccc1)c1cccnc1. The normalized spacial score (nSPS) is 14.3. The molecule has 0 unspecified atom stereocenters. The molecule has 4 rings (SSSR count). The Balaban J connectivity index is 1.66. The number of aromatic nitrogens is 1. The van der Waals surface area contributed by atoms with Crippen LogP contribution in [0.3, 0.4) is 0 Å². The van der Waals surface area contributed by atoms with Gasteiger partial charge in [0, 0.05) is 24.6 Å². The molecule has 0 radical (unpaired) electrons. The molecule has 2 heterocycles. The van der Waals surface area contributed by atoms with E-state index in [0.717, 1.165) is 5.56 Å². The van der Waals surface area contributed by atoms with Gasteiger partial charge >= 0.3 is 0 Å². The first kappa shape index (κ1) is 19.4. The molecule has 0 atom stereocenters. The molecule has 1 aromatic heterocycles. The molecular weight excluding hydrogens is 410 g/mol. The zero-order valence-electron chi connectivity index (χ0n) is 15.4. The lowest BCUT2D eigenvalue weighted by Gasteiger charge is -2.31. The number of sulfonamides is 2. The number of anilines is 2. The Bertz CT molecular complexity index is 1230. The van der Waals surface area contributed by atoms with E-state index in [9.17, 15) is 16.8 Å². The molecular formula is C20H19N3O4S2. The second-order valence-electron chi connectivity index (χ2n) is 6.63. The Labute approximate surface area is 170 Å². The van der Waals surface area contributed by atoms with Gasteiger partial charge in [0.25, 0.3) is 20.0 Å². The number of aryl methyl sites for hydroxylation is 1. The number of fused-ring (bicyclic) bond motifs is 1. The van der Waals surface area contributed by atoms with Gasteiger partial charge in [0.15, 0.2) is 0 Å². The molecule has 0 amide bonds. The number of nitrogens with zero attached hydrogens (tertiary/aromatic N) is 2. The van der Waals surface area contributed by atoms with E-state index in [1.807, 2.05) is 0 Å².